The zero-order valence-electron chi connectivity index (χ0n) is 21.6. The number of methoxy groups -OCH3 is 3. The molecule has 2 aromatic carbocycles. The first-order valence-electron chi connectivity index (χ1n) is 11.4. The Bertz CT molecular complexity index is 1090. The van der Waals surface area contributed by atoms with E-state index in [0.717, 1.165) is 5.56 Å². The lowest BCUT2D eigenvalue weighted by atomic mass is 9.96. The van der Waals surface area contributed by atoms with Crippen LogP contribution in [0.1, 0.15) is 78.5 Å². The molecule has 0 heterocycles. The van der Waals surface area contributed by atoms with Gasteiger partial charge in [-0.1, -0.05) is 20.8 Å². The number of ether oxygens (including phenoxy) is 5. The summed E-state index contributed by atoms with van der Waals surface area (Å²) in [4.78, 5) is 37.4. The van der Waals surface area contributed by atoms with Crippen LogP contribution in [-0.2, 0) is 14.3 Å². The largest absolute Gasteiger partial charge is 0.495 e. The van der Waals surface area contributed by atoms with E-state index >= 15 is 0 Å². The maximum Gasteiger partial charge on any atom is 0.345 e. The number of hydrogen-bond acceptors (Lipinski definition) is 8. The van der Waals surface area contributed by atoms with E-state index in [2.05, 4.69) is 0 Å². The van der Waals surface area contributed by atoms with Crippen molar-refractivity contribution in [3.8, 4) is 23.0 Å². The SMILES string of the molecule is CCC(=O)c1cc(C)cc(OC)c1Oc1ccc([C@H](CC(C)C)OC(C)=O)c(OC)c1C(=O)OC. The number of Topliss-reactive ketones (excluding diaryl/α,β-unsaturated/α-hetero) is 1. The van der Waals surface area contributed by atoms with Crippen LogP contribution in [0.3, 0.4) is 0 Å². The Labute approximate surface area is 206 Å². The van der Waals surface area contributed by atoms with Crippen LogP contribution in [0, 0.1) is 12.8 Å². The van der Waals surface area contributed by atoms with Crippen molar-refractivity contribution >= 4 is 17.7 Å². The van der Waals surface area contributed by atoms with Gasteiger partial charge in [-0.05, 0) is 49.1 Å². The summed E-state index contributed by atoms with van der Waals surface area (Å²) in [6.07, 6.45) is 0.123. The van der Waals surface area contributed by atoms with Gasteiger partial charge in [0.15, 0.2) is 17.3 Å². The molecule has 0 amide bonds. The van der Waals surface area contributed by atoms with Crippen molar-refractivity contribution < 1.29 is 38.1 Å². The Morgan fingerprint density at radius 1 is 0.943 bits per heavy atom. The summed E-state index contributed by atoms with van der Waals surface area (Å²) in [6.45, 7) is 8.92. The molecule has 8 heteroatoms. The quantitative estimate of drug-likeness (QED) is 0.289. The summed E-state index contributed by atoms with van der Waals surface area (Å²) >= 11 is 0. The number of hydrogen-bond donors (Lipinski definition) is 0. The molecule has 1 atom stereocenters. The molecule has 2 rings (SSSR count). The zero-order chi connectivity index (χ0) is 26.3. The van der Waals surface area contributed by atoms with Gasteiger partial charge in [-0.25, -0.2) is 4.79 Å². The monoisotopic (exact) mass is 486 g/mol. The highest BCUT2D eigenvalue weighted by molar-refractivity contribution is 6.00. The Hall–Kier alpha value is -3.55. The van der Waals surface area contributed by atoms with Crippen molar-refractivity contribution in [2.24, 2.45) is 5.92 Å². The molecule has 0 bridgehead atoms. The number of aryl methyl sites for hydroxylation is 1. The van der Waals surface area contributed by atoms with Gasteiger partial charge >= 0.3 is 11.9 Å². The highest BCUT2D eigenvalue weighted by Crippen LogP contribution is 2.43. The third-order valence-corrected chi connectivity index (χ3v) is 5.34. The van der Waals surface area contributed by atoms with E-state index in [4.69, 9.17) is 23.7 Å². The van der Waals surface area contributed by atoms with Crippen LogP contribution in [0.2, 0.25) is 0 Å². The van der Waals surface area contributed by atoms with E-state index in [1.165, 1.54) is 28.3 Å². The average Bonchev–Trinajstić information content (AvgIpc) is 2.82. The molecule has 2 aromatic rings. The maximum atomic E-state index is 12.9. The van der Waals surface area contributed by atoms with Crippen LogP contribution in [-0.4, -0.2) is 39.1 Å². The molecule has 0 saturated heterocycles. The maximum absolute atomic E-state index is 12.9. The van der Waals surface area contributed by atoms with E-state index in [1.807, 2.05) is 20.8 Å². The van der Waals surface area contributed by atoms with Gasteiger partial charge < -0.3 is 23.7 Å². The first kappa shape index (κ1) is 27.7. The number of esters is 2. The smallest absolute Gasteiger partial charge is 0.345 e. The van der Waals surface area contributed by atoms with Crippen molar-refractivity contribution in [3.63, 3.8) is 0 Å². The third kappa shape index (κ3) is 6.53. The Balaban J connectivity index is 2.77. The second-order valence-electron chi connectivity index (χ2n) is 8.50. The minimum atomic E-state index is -0.709. The normalized spacial score (nSPS) is 11.6. The third-order valence-electron chi connectivity index (χ3n) is 5.34. The Kier molecular flexibility index (Phi) is 9.68. The molecule has 0 unspecified atom stereocenters. The van der Waals surface area contributed by atoms with Crippen LogP contribution < -0.4 is 14.2 Å². The molecular weight excluding hydrogens is 452 g/mol. The summed E-state index contributed by atoms with van der Waals surface area (Å²) in [6, 6.07) is 6.70. The van der Waals surface area contributed by atoms with Crippen molar-refractivity contribution in [3.05, 3.63) is 46.5 Å². The van der Waals surface area contributed by atoms with Gasteiger partial charge in [0.05, 0.1) is 26.9 Å². The molecule has 0 spiro atoms. The number of rotatable bonds is 11. The molecule has 8 nitrogen and oxygen atoms in total. The van der Waals surface area contributed by atoms with Gasteiger partial charge in [-0.15, -0.1) is 0 Å². The number of ketones is 1. The minimum absolute atomic E-state index is 0.00549. The summed E-state index contributed by atoms with van der Waals surface area (Å²) in [7, 11) is 4.13. The standard InChI is InChI=1S/C27H34O8/c1-9-20(29)19-13-16(4)14-23(31-6)25(19)35-21-11-10-18(22(12-15(2)3)34-17(5)28)26(32-7)24(21)27(30)33-8/h10-11,13-15,22H,9,12H2,1-8H3/t22-/m0/s1. The fourth-order valence-electron chi connectivity index (χ4n) is 3.81. The predicted octanol–water partition coefficient (Wildman–Crippen LogP) is 5.83. The fourth-order valence-corrected chi connectivity index (χ4v) is 3.81. The van der Waals surface area contributed by atoms with E-state index in [0.29, 0.717) is 23.3 Å². The van der Waals surface area contributed by atoms with Crippen LogP contribution in [0.15, 0.2) is 24.3 Å². The van der Waals surface area contributed by atoms with Crippen molar-refractivity contribution in [2.75, 3.05) is 21.3 Å². The minimum Gasteiger partial charge on any atom is -0.495 e. The Morgan fingerprint density at radius 3 is 2.14 bits per heavy atom. The molecular formula is C27H34O8. The van der Waals surface area contributed by atoms with Gasteiger partial charge in [0.2, 0.25) is 0 Å². The van der Waals surface area contributed by atoms with Crippen LogP contribution in [0.5, 0.6) is 23.0 Å². The van der Waals surface area contributed by atoms with Gasteiger partial charge in [0.1, 0.15) is 23.2 Å². The van der Waals surface area contributed by atoms with Gasteiger partial charge in [0, 0.05) is 18.9 Å². The lowest BCUT2D eigenvalue weighted by molar-refractivity contribution is -0.147. The summed E-state index contributed by atoms with van der Waals surface area (Å²) < 4.78 is 27.9. The van der Waals surface area contributed by atoms with Gasteiger partial charge in [-0.3, -0.25) is 9.59 Å². The van der Waals surface area contributed by atoms with Crippen molar-refractivity contribution in [1.82, 2.24) is 0 Å². The molecule has 190 valence electrons. The number of benzene rings is 2. The molecule has 35 heavy (non-hydrogen) atoms. The van der Waals surface area contributed by atoms with Gasteiger partial charge in [0.25, 0.3) is 0 Å². The first-order valence-corrected chi connectivity index (χ1v) is 11.4. The fraction of sp³-hybridized carbons (Fsp3) is 0.444. The summed E-state index contributed by atoms with van der Waals surface area (Å²) in [5, 5.41) is 0. The highest BCUT2D eigenvalue weighted by atomic mass is 16.5. The average molecular weight is 487 g/mol. The van der Waals surface area contributed by atoms with E-state index in [1.54, 1.807) is 31.2 Å². The van der Waals surface area contributed by atoms with Gasteiger partial charge in [-0.2, -0.15) is 0 Å². The summed E-state index contributed by atoms with van der Waals surface area (Å²) in [5.41, 5.74) is 1.67. The molecule has 0 radical (unpaired) electrons. The van der Waals surface area contributed by atoms with Crippen molar-refractivity contribution in [1.29, 1.82) is 0 Å². The van der Waals surface area contributed by atoms with Crippen LogP contribution >= 0.6 is 0 Å². The van der Waals surface area contributed by atoms with E-state index in [9.17, 15) is 14.4 Å². The van der Waals surface area contributed by atoms with Crippen molar-refractivity contribution in [2.45, 2.75) is 53.6 Å². The molecule has 0 aliphatic rings. The predicted molar refractivity (Wildman–Crippen MR) is 131 cm³/mol. The molecule has 0 N–H and O–H groups in total. The number of carbonyl (C=O) groups excluding carboxylic acids is 3. The first-order chi connectivity index (χ1) is 16.6. The molecule has 0 aliphatic carbocycles. The van der Waals surface area contributed by atoms with E-state index in [-0.39, 0.29) is 40.9 Å². The van der Waals surface area contributed by atoms with Crippen LogP contribution in [0.4, 0.5) is 0 Å². The lowest BCUT2D eigenvalue weighted by Gasteiger charge is -2.24. The van der Waals surface area contributed by atoms with E-state index < -0.39 is 18.0 Å². The molecule has 0 aliphatic heterocycles. The molecule has 0 saturated carbocycles. The highest BCUT2D eigenvalue weighted by Gasteiger charge is 2.30. The van der Waals surface area contributed by atoms with Crippen LogP contribution in [0.25, 0.3) is 0 Å². The zero-order valence-corrected chi connectivity index (χ0v) is 21.6. The lowest BCUT2D eigenvalue weighted by Crippen LogP contribution is -2.15. The Morgan fingerprint density at radius 2 is 1.63 bits per heavy atom. The summed E-state index contributed by atoms with van der Waals surface area (Å²) in [5.74, 6) is -0.310. The molecule has 0 fully saturated rings. The topological polar surface area (TPSA) is 97.4 Å². The second kappa shape index (κ2) is 12.2. The second-order valence-corrected chi connectivity index (χ2v) is 8.50. The molecule has 0 aromatic heterocycles. The number of carbonyl (C=O) groups is 3.